The van der Waals surface area contributed by atoms with E-state index in [9.17, 15) is 4.79 Å². The van der Waals surface area contributed by atoms with E-state index in [1.807, 2.05) is 6.92 Å². The maximum atomic E-state index is 11.7. The molecule has 1 aromatic carbocycles. The summed E-state index contributed by atoms with van der Waals surface area (Å²) in [6.07, 6.45) is 4.92. The Morgan fingerprint density at radius 3 is 1.89 bits per heavy atom. The van der Waals surface area contributed by atoms with Gasteiger partial charge in [0, 0.05) is 5.56 Å². The first-order chi connectivity index (χ1) is 9.17. The van der Waals surface area contributed by atoms with Crippen LogP contribution < -0.4 is 9.47 Å². The number of hydrogen-bond acceptors (Lipinski definition) is 4. The minimum absolute atomic E-state index is 0.292. The van der Waals surface area contributed by atoms with Gasteiger partial charge in [-0.05, 0) is 44.7 Å². The maximum Gasteiger partial charge on any atom is 0.338 e. The van der Waals surface area contributed by atoms with Crippen molar-refractivity contribution in [1.29, 1.82) is 0 Å². The highest BCUT2D eigenvalue weighted by Crippen LogP contribution is 2.37. The van der Waals surface area contributed by atoms with Crippen LogP contribution in [-0.4, -0.2) is 25.3 Å². The minimum Gasteiger partial charge on any atom is -0.490 e. The average Bonchev–Trinajstić information content (AvgIpc) is 3.28. The van der Waals surface area contributed by atoms with Crippen LogP contribution in [0.25, 0.3) is 0 Å². The van der Waals surface area contributed by atoms with Crippen LogP contribution in [0.3, 0.4) is 0 Å². The molecular formula is C15H18O4. The van der Waals surface area contributed by atoms with E-state index < -0.39 is 0 Å². The number of hydrogen-bond donors (Lipinski definition) is 0. The maximum absolute atomic E-state index is 11.7. The molecule has 0 N–H and O–H groups in total. The van der Waals surface area contributed by atoms with Gasteiger partial charge in [-0.25, -0.2) is 4.79 Å². The molecule has 0 heterocycles. The van der Waals surface area contributed by atoms with E-state index in [4.69, 9.17) is 14.2 Å². The third-order valence-corrected chi connectivity index (χ3v) is 3.37. The summed E-state index contributed by atoms with van der Waals surface area (Å²) in [5, 5.41) is 0. The molecule has 0 unspecified atom stereocenters. The van der Waals surface area contributed by atoms with Crippen molar-refractivity contribution in [2.75, 3.05) is 7.11 Å². The average molecular weight is 262 g/mol. The number of esters is 1. The highest BCUT2D eigenvalue weighted by molar-refractivity contribution is 5.90. The summed E-state index contributed by atoms with van der Waals surface area (Å²) in [7, 11) is 1.38. The van der Waals surface area contributed by atoms with Crippen LogP contribution in [0.1, 0.15) is 41.6 Å². The predicted octanol–water partition coefficient (Wildman–Crippen LogP) is 2.86. The third kappa shape index (κ3) is 2.83. The van der Waals surface area contributed by atoms with Gasteiger partial charge >= 0.3 is 5.97 Å². The molecule has 0 spiro atoms. The zero-order valence-electron chi connectivity index (χ0n) is 11.3. The van der Waals surface area contributed by atoms with Crippen molar-refractivity contribution in [1.82, 2.24) is 0 Å². The summed E-state index contributed by atoms with van der Waals surface area (Å²) in [5.41, 5.74) is 1.45. The molecule has 0 radical (unpaired) electrons. The number of methoxy groups -OCH3 is 1. The van der Waals surface area contributed by atoms with Crippen LogP contribution in [0.2, 0.25) is 0 Å². The van der Waals surface area contributed by atoms with Gasteiger partial charge in [0.2, 0.25) is 0 Å². The Hall–Kier alpha value is -1.71. The molecular weight excluding hydrogens is 244 g/mol. The SMILES string of the molecule is COC(=O)c1cc(OC2CC2)c(C)c(OC2CC2)c1. The van der Waals surface area contributed by atoms with Crippen molar-refractivity contribution in [2.24, 2.45) is 0 Å². The summed E-state index contributed by atoms with van der Waals surface area (Å²) < 4.78 is 16.5. The molecule has 3 rings (SSSR count). The van der Waals surface area contributed by atoms with Crippen LogP contribution in [0.4, 0.5) is 0 Å². The van der Waals surface area contributed by atoms with E-state index in [2.05, 4.69) is 0 Å². The Labute approximate surface area is 112 Å². The largest absolute Gasteiger partial charge is 0.490 e. The second-order valence-electron chi connectivity index (χ2n) is 5.22. The van der Waals surface area contributed by atoms with E-state index in [0.29, 0.717) is 17.8 Å². The lowest BCUT2D eigenvalue weighted by Crippen LogP contribution is -2.07. The predicted molar refractivity (Wildman–Crippen MR) is 69.8 cm³/mol. The Kier molecular flexibility index (Phi) is 3.09. The summed E-state index contributed by atoms with van der Waals surface area (Å²) >= 11 is 0. The van der Waals surface area contributed by atoms with Gasteiger partial charge in [-0.1, -0.05) is 0 Å². The Morgan fingerprint density at radius 1 is 1.05 bits per heavy atom. The summed E-state index contributed by atoms with van der Waals surface area (Å²) in [6, 6.07) is 3.50. The van der Waals surface area contributed by atoms with E-state index in [1.54, 1.807) is 12.1 Å². The third-order valence-electron chi connectivity index (χ3n) is 3.37. The Morgan fingerprint density at radius 2 is 1.53 bits per heavy atom. The zero-order chi connectivity index (χ0) is 13.4. The van der Waals surface area contributed by atoms with Crippen LogP contribution in [0.5, 0.6) is 11.5 Å². The first kappa shape index (κ1) is 12.3. The smallest absolute Gasteiger partial charge is 0.338 e. The number of rotatable bonds is 5. The molecule has 4 nitrogen and oxygen atoms in total. The molecule has 2 aliphatic rings. The fraction of sp³-hybridized carbons (Fsp3) is 0.533. The molecule has 2 saturated carbocycles. The standard InChI is InChI=1S/C15H18O4/c1-9-13(18-11-3-4-11)7-10(15(16)17-2)8-14(9)19-12-5-6-12/h7-8,11-12H,3-6H2,1-2H3. The van der Waals surface area contributed by atoms with Crippen LogP contribution in [-0.2, 0) is 4.74 Å². The van der Waals surface area contributed by atoms with Crippen molar-refractivity contribution in [3.05, 3.63) is 23.3 Å². The van der Waals surface area contributed by atoms with Gasteiger partial charge in [0.05, 0.1) is 24.9 Å². The minimum atomic E-state index is -0.360. The lowest BCUT2D eigenvalue weighted by atomic mass is 10.1. The summed E-state index contributed by atoms with van der Waals surface area (Å²) in [6.45, 7) is 1.97. The highest BCUT2D eigenvalue weighted by atomic mass is 16.5. The molecule has 2 aliphatic carbocycles. The number of carbonyl (C=O) groups excluding carboxylic acids is 1. The zero-order valence-corrected chi connectivity index (χ0v) is 11.3. The first-order valence-corrected chi connectivity index (χ1v) is 6.73. The van der Waals surface area contributed by atoms with E-state index in [-0.39, 0.29) is 5.97 Å². The second-order valence-corrected chi connectivity index (χ2v) is 5.22. The molecule has 0 saturated heterocycles. The van der Waals surface area contributed by atoms with Gasteiger partial charge in [-0.2, -0.15) is 0 Å². The van der Waals surface area contributed by atoms with Crippen molar-refractivity contribution in [3.63, 3.8) is 0 Å². The summed E-state index contributed by atoms with van der Waals surface area (Å²) in [4.78, 5) is 11.7. The number of carbonyl (C=O) groups is 1. The molecule has 102 valence electrons. The van der Waals surface area contributed by atoms with Gasteiger partial charge in [0.1, 0.15) is 11.5 Å². The fourth-order valence-corrected chi connectivity index (χ4v) is 1.87. The van der Waals surface area contributed by atoms with Crippen LogP contribution in [0.15, 0.2) is 12.1 Å². The summed E-state index contributed by atoms with van der Waals surface area (Å²) in [5.74, 6) is 1.11. The highest BCUT2D eigenvalue weighted by Gasteiger charge is 2.28. The second kappa shape index (κ2) is 4.76. The van der Waals surface area contributed by atoms with Crippen molar-refractivity contribution in [2.45, 2.75) is 44.8 Å². The van der Waals surface area contributed by atoms with Crippen molar-refractivity contribution in [3.8, 4) is 11.5 Å². The van der Waals surface area contributed by atoms with Crippen molar-refractivity contribution >= 4 is 5.97 Å². The normalized spacial score (nSPS) is 18.0. The monoisotopic (exact) mass is 262 g/mol. The quantitative estimate of drug-likeness (QED) is 0.765. The van der Waals surface area contributed by atoms with Gasteiger partial charge < -0.3 is 14.2 Å². The van der Waals surface area contributed by atoms with E-state index in [0.717, 1.165) is 42.7 Å². The van der Waals surface area contributed by atoms with Gasteiger partial charge in [-0.15, -0.1) is 0 Å². The molecule has 19 heavy (non-hydrogen) atoms. The van der Waals surface area contributed by atoms with Gasteiger partial charge in [-0.3, -0.25) is 0 Å². The topological polar surface area (TPSA) is 44.8 Å². The van der Waals surface area contributed by atoms with Gasteiger partial charge in [0.15, 0.2) is 0 Å². The van der Waals surface area contributed by atoms with E-state index >= 15 is 0 Å². The molecule has 0 aliphatic heterocycles. The van der Waals surface area contributed by atoms with Crippen LogP contribution in [0, 0.1) is 6.92 Å². The molecule has 0 amide bonds. The first-order valence-electron chi connectivity index (χ1n) is 6.73. The lowest BCUT2D eigenvalue weighted by molar-refractivity contribution is 0.0599. The Bertz CT molecular complexity index is 466. The van der Waals surface area contributed by atoms with Crippen molar-refractivity contribution < 1.29 is 19.0 Å². The lowest BCUT2D eigenvalue weighted by Gasteiger charge is -2.15. The molecule has 0 atom stereocenters. The molecule has 1 aromatic rings. The van der Waals surface area contributed by atoms with Gasteiger partial charge in [0.25, 0.3) is 0 Å². The molecule has 0 bridgehead atoms. The van der Waals surface area contributed by atoms with E-state index in [1.165, 1.54) is 7.11 Å². The molecule has 2 fully saturated rings. The molecule has 0 aromatic heterocycles. The number of benzene rings is 1. The molecule has 4 heteroatoms. The Balaban J connectivity index is 1.92. The number of ether oxygens (including phenoxy) is 3. The fourth-order valence-electron chi connectivity index (χ4n) is 1.87. The van der Waals surface area contributed by atoms with Crippen LogP contribution >= 0.6 is 0 Å².